The molecule has 0 heterocycles. The molecule has 0 unspecified atom stereocenters. The number of carbonyl (C=O) groups excluding carboxylic acids is 3. The van der Waals surface area contributed by atoms with Crippen LogP contribution in [0.2, 0.25) is 0 Å². The van der Waals surface area contributed by atoms with Crippen LogP contribution >= 0.6 is 0 Å². The summed E-state index contributed by atoms with van der Waals surface area (Å²) in [6.07, 6.45) is 19.3. The van der Waals surface area contributed by atoms with E-state index in [0.717, 1.165) is 44.3 Å². The van der Waals surface area contributed by atoms with Crippen LogP contribution in [0, 0.1) is 16.7 Å². The molecule has 0 atom stereocenters. The Kier molecular flexibility index (Phi) is 6.80. The topological polar surface area (TPSA) is 60.4 Å². The Hall–Kier alpha value is -1.71. The summed E-state index contributed by atoms with van der Waals surface area (Å²) >= 11 is 0. The van der Waals surface area contributed by atoms with E-state index in [1.165, 1.54) is 19.3 Å². The number of ketones is 1. The normalized spacial score (nSPS) is 35.4. The van der Waals surface area contributed by atoms with Crippen molar-refractivity contribution in [3.8, 4) is 0 Å². The van der Waals surface area contributed by atoms with Gasteiger partial charge in [0.1, 0.15) is 6.29 Å². The predicted octanol–water partition coefficient (Wildman–Crippen LogP) is 5.50. The number of allylic oxidation sites excluding steroid dienone is 2. The van der Waals surface area contributed by atoms with Crippen LogP contribution < -0.4 is 0 Å². The Balaban J connectivity index is 1.92. The van der Waals surface area contributed by atoms with Crippen molar-refractivity contribution in [1.29, 1.82) is 0 Å². The van der Waals surface area contributed by atoms with Gasteiger partial charge >= 0.3 is 5.97 Å². The maximum atomic E-state index is 13.1. The molecule has 0 aliphatic heterocycles. The standard InChI is InChI=1S/C25H36O4/c1-3-5-7-21(27)25(29-22(28)6-4-2)16-14-24(15-17-25,18-19-26)23-11-8-20(9-12-23)10-13-23/h14-17,19-20H,3-13,18H2,1-2H3. The Morgan fingerprint density at radius 2 is 1.59 bits per heavy atom. The minimum absolute atomic E-state index is 0.0686. The van der Waals surface area contributed by atoms with Gasteiger partial charge in [-0.25, -0.2) is 0 Å². The molecule has 0 spiro atoms. The first kappa shape index (κ1) is 22.0. The number of aldehydes is 1. The second-order valence-electron chi connectivity index (χ2n) is 9.38. The Labute approximate surface area is 175 Å². The highest BCUT2D eigenvalue weighted by atomic mass is 16.6. The first-order chi connectivity index (χ1) is 13.9. The van der Waals surface area contributed by atoms with Gasteiger partial charge in [-0.3, -0.25) is 9.59 Å². The average molecular weight is 401 g/mol. The van der Waals surface area contributed by atoms with E-state index in [1.807, 2.05) is 13.8 Å². The van der Waals surface area contributed by atoms with Crippen LogP contribution in [-0.4, -0.2) is 23.6 Å². The van der Waals surface area contributed by atoms with Gasteiger partial charge in [0.2, 0.25) is 5.60 Å². The molecule has 3 saturated carbocycles. The first-order valence-electron chi connectivity index (χ1n) is 11.5. The number of ether oxygens (including phenoxy) is 1. The lowest BCUT2D eigenvalue weighted by molar-refractivity contribution is -0.158. The van der Waals surface area contributed by atoms with Gasteiger partial charge in [0.15, 0.2) is 5.78 Å². The van der Waals surface area contributed by atoms with Crippen LogP contribution in [0.15, 0.2) is 24.3 Å². The molecule has 4 aliphatic carbocycles. The molecule has 2 bridgehead atoms. The third-order valence-corrected chi connectivity index (χ3v) is 7.69. The number of Topliss-reactive ketones (excluding diaryl/α,β-unsaturated/α-hetero) is 1. The van der Waals surface area contributed by atoms with Gasteiger partial charge in [-0.15, -0.1) is 0 Å². The van der Waals surface area contributed by atoms with Gasteiger partial charge in [0.25, 0.3) is 0 Å². The fourth-order valence-electron chi connectivity index (χ4n) is 5.73. The quantitative estimate of drug-likeness (QED) is 0.276. The zero-order chi connectivity index (χ0) is 21.0. The molecule has 0 aromatic carbocycles. The predicted molar refractivity (Wildman–Crippen MR) is 113 cm³/mol. The van der Waals surface area contributed by atoms with Crippen molar-refractivity contribution in [1.82, 2.24) is 0 Å². The van der Waals surface area contributed by atoms with Gasteiger partial charge in [-0.2, -0.15) is 0 Å². The Morgan fingerprint density at radius 1 is 0.966 bits per heavy atom. The molecule has 0 saturated heterocycles. The maximum Gasteiger partial charge on any atom is 0.307 e. The lowest BCUT2D eigenvalue weighted by atomic mass is 9.48. The van der Waals surface area contributed by atoms with E-state index >= 15 is 0 Å². The highest BCUT2D eigenvalue weighted by Crippen LogP contribution is 2.62. The van der Waals surface area contributed by atoms with Crippen molar-refractivity contribution < 1.29 is 19.1 Å². The van der Waals surface area contributed by atoms with Crippen molar-refractivity contribution in [3.63, 3.8) is 0 Å². The molecule has 0 aromatic rings. The number of fused-ring (bicyclic) bond motifs is 3. The summed E-state index contributed by atoms with van der Waals surface area (Å²) in [6, 6.07) is 0. The summed E-state index contributed by atoms with van der Waals surface area (Å²) in [6.45, 7) is 3.97. The molecule has 4 nitrogen and oxygen atoms in total. The molecule has 160 valence electrons. The highest BCUT2D eigenvalue weighted by molar-refractivity contribution is 5.94. The summed E-state index contributed by atoms with van der Waals surface area (Å²) in [5, 5.41) is 0. The molecule has 4 aliphatic rings. The Bertz CT molecular complexity index is 651. The zero-order valence-corrected chi connectivity index (χ0v) is 18.1. The third kappa shape index (κ3) is 4.13. The van der Waals surface area contributed by atoms with E-state index in [9.17, 15) is 14.4 Å². The van der Waals surface area contributed by atoms with E-state index < -0.39 is 5.60 Å². The molecule has 29 heavy (non-hydrogen) atoms. The third-order valence-electron chi connectivity index (χ3n) is 7.69. The second kappa shape index (κ2) is 8.97. The molecule has 3 fully saturated rings. The Morgan fingerprint density at radius 3 is 2.10 bits per heavy atom. The van der Waals surface area contributed by atoms with Crippen LogP contribution in [0.5, 0.6) is 0 Å². The molecule has 4 rings (SSSR count). The summed E-state index contributed by atoms with van der Waals surface area (Å²) in [4.78, 5) is 37.1. The number of hydrogen-bond acceptors (Lipinski definition) is 4. The average Bonchev–Trinajstić information content (AvgIpc) is 2.75. The van der Waals surface area contributed by atoms with Gasteiger partial charge in [0, 0.05) is 24.7 Å². The molecule has 0 N–H and O–H groups in total. The number of esters is 1. The van der Waals surface area contributed by atoms with Gasteiger partial charge < -0.3 is 9.53 Å². The molecule has 4 heteroatoms. The molecule has 0 amide bonds. The zero-order valence-electron chi connectivity index (χ0n) is 18.1. The monoisotopic (exact) mass is 400 g/mol. The summed E-state index contributed by atoms with van der Waals surface area (Å²) in [7, 11) is 0. The second-order valence-corrected chi connectivity index (χ2v) is 9.38. The van der Waals surface area contributed by atoms with Crippen molar-refractivity contribution >= 4 is 18.0 Å². The van der Waals surface area contributed by atoms with E-state index in [-0.39, 0.29) is 22.6 Å². The van der Waals surface area contributed by atoms with Crippen LogP contribution in [0.3, 0.4) is 0 Å². The van der Waals surface area contributed by atoms with E-state index in [1.54, 1.807) is 12.2 Å². The number of hydrogen-bond donors (Lipinski definition) is 0. The molecular formula is C25H36O4. The highest BCUT2D eigenvalue weighted by Gasteiger charge is 2.54. The largest absolute Gasteiger partial charge is 0.442 e. The lowest BCUT2D eigenvalue weighted by Crippen LogP contribution is -2.50. The minimum atomic E-state index is -1.31. The fraction of sp³-hybridized carbons (Fsp3) is 0.720. The van der Waals surface area contributed by atoms with Crippen molar-refractivity contribution in [2.45, 2.75) is 96.5 Å². The molecule has 0 radical (unpaired) electrons. The van der Waals surface area contributed by atoms with Crippen LogP contribution in [0.25, 0.3) is 0 Å². The molecular weight excluding hydrogens is 364 g/mol. The van der Waals surface area contributed by atoms with Crippen LogP contribution in [-0.2, 0) is 19.1 Å². The van der Waals surface area contributed by atoms with Gasteiger partial charge in [-0.05, 0) is 74.9 Å². The summed E-state index contributed by atoms with van der Waals surface area (Å²) < 4.78 is 5.76. The minimum Gasteiger partial charge on any atom is -0.442 e. The van der Waals surface area contributed by atoms with Crippen LogP contribution in [0.1, 0.15) is 90.9 Å². The van der Waals surface area contributed by atoms with Gasteiger partial charge in [0.05, 0.1) is 0 Å². The fourth-order valence-corrected chi connectivity index (χ4v) is 5.73. The van der Waals surface area contributed by atoms with Crippen LogP contribution in [0.4, 0.5) is 0 Å². The van der Waals surface area contributed by atoms with Crippen molar-refractivity contribution in [3.05, 3.63) is 24.3 Å². The number of carbonyl (C=O) groups is 3. The number of rotatable bonds is 10. The number of unbranched alkanes of at least 4 members (excludes halogenated alkanes) is 1. The van der Waals surface area contributed by atoms with E-state index in [4.69, 9.17) is 4.74 Å². The molecule has 0 aromatic heterocycles. The van der Waals surface area contributed by atoms with E-state index in [0.29, 0.717) is 25.7 Å². The van der Waals surface area contributed by atoms with E-state index in [2.05, 4.69) is 12.2 Å². The maximum absolute atomic E-state index is 13.1. The summed E-state index contributed by atoms with van der Waals surface area (Å²) in [5.74, 6) is 0.429. The van der Waals surface area contributed by atoms with Crippen molar-refractivity contribution in [2.75, 3.05) is 0 Å². The summed E-state index contributed by atoms with van der Waals surface area (Å²) in [5.41, 5.74) is -1.59. The smallest absolute Gasteiger partial charge is 0.307 e. The lowest BCUT2D eigenvalue weighted by Gasteiger charge is -2.56. The van der Waals surface area contributed by atoms with Gasteiger partial charge in [-0.1, -0.05) is 32.4 Å². The first-order valence-corrected chi connectivity index (χ1v) is 11.5. The SMILES string of the molecule is CCCCC(=O)C1(OC(=O)CCC)C=CC(CC=O)(C23CCC(CC2)CC3)C=C1. The van der Waals surface area contributed by atoms with Crippen molar-refractivity contribution in [2.24, 2.45) is 16.7 Å².